The molecule has 1 aliphatic carbocycles. The van der Waals surface area contributed by atoms with Gasteiger partial charge in [-0.3, -0.25) is 14.4 Å². The number of amides is 3. The van der Waals surface area contributed by atoms with Crippen LogP contribution >= 0.6 is 11.6 Å². The minimum atomic E-state index is -0.909. The zero-order chi connectivity index (χ0) is 26.2. The number of aromatic nitrogens is 2. The summed E-state index contributed by atoms with van der Waals surface area (Å²) in [7, 11) is 0. The summed E-state index contributed by atoms with van der Waals surface area (Å²) in [6.45, 7) is 1.93. The predicted molar refractivity (Wildman–Crippen MR) is 134 cm³/mol. The van der Waals surface area contributed by atoms with E-state index in [1.165, 1.54) is 0 Å². The number of halogens is 1. The number of carbonyl (C=O) groups excluding carboxylic acids is 3. The zero-order valence-corrected chi connectivity index (χ0v) is 20.8. The van der Waals surface area contributed by atoms with E-state index < -0.39 is 29.3 Å². The minimum absolute atomic E-state index is 0.0582. The summed E-state index contributed by atoms with van der Waals surface area (Å²) in [4.78, 5) is 40.9. The maximum absolute atomic E-state index is 14.0. The van der Waals surface area contributed by atoms with Crippen LogP contribution < -0.4 is 11.1 Å². The third-order valence-electron chi connectivity index (χ3n) is 6.67. The van der Waals surface area contributed by atoms with Crippen LogP contribution in [0.2, 0.25) is 5.02 Å². The van der Waals surface area contributed by atoms with Crippen LogP contribution in [0.3, 0.4) is 0 Å². The smallest absolute Gasteiger partial charge is 0.293 e. The van der Waals surface area contributed by atoms with Crippen LogP contribution in [0, 0.1) is 18.8 Å². The van der Waals surface area contributed by atoms with E-state index in [2.05, 4.69) is 27.4 Å². The molecule has 1 aliphatic heterocycles. The van der Waals surface area contributed by atoms with Crippen LogP contribution in [0.25, 0.3) is 0 Å². The zero-order valence-electron chi connectivity index (χ0n) is 20.0. The number of fused-ring (bicyclic) bond motifs is 1. The Morgan fingerprint density at radius 3 is 2.57 bits per heavy atom. The van der Waals surface area contributed by atoms with Gasteiger partial charge in [0.05, 0.1) is 17.9 Å². The molecule has 2 aromatic carbocycles. The molecule has 0 bridgehead atoms. The number of carbonyl (C=O) groups is 3. The van der Waals surface area contributed by atoms with E-state index in [-0.39, 0.29) is 18.2 Å². The molecule has 2 atom stereocenters. The number of benzene rings is 2. The first-order chi connectivity index (χ1) is 17.8. The number of hydrogen-bond donors (Lipinski definition) is 2. The Morgan fingerprint density at radius 2 is 1.92 bits per heavy atom. The van der Waals surface area contributed by atoms with Gasteiger partial charge in [-0.25, -0.2) is 0 Å². The second kappa shape index (κ2) is 9.71. The van der Waals surface area contributed by atoms with Gasteiger partial charge in [0, 0.05) is 18.5 Å². The van der Waals surface area contributed by atoms with Gasteiger partial charge >= 0.3 is 0 Å². The van der Waals surface area contributed by atoms with Crippen molar-refractivity contribution >= 4 is 29.3 Å². The van der Waals surface area contributed by atoms with Gasteiger partial charge in [-0.05, 0) is 47.6 Å². The van der Waals surface area contributed by atoms with Gasteiger partial charge in [-0.1, -0.05) is 59.0 Å². The Balaban J connectivity index is 1.43. The van der Waals surface area contributed by atoms with Crippen molar-refractivity contribution in [2.24, 2.45) is 5.73 Å². The fraction of sp³-hybridized carbons (Fsp3) is 0.296. The monoisotopic (exact) mass is 517 g/mol. The van der Waals surface area contributed by atoms with Crippen molar-refractivity contribution in [2.75, 3.05) is 0 Å². The van der Waals surface area contributed by atoms with Gasteiger partial charge in [0.1, 0.15) is 6.04 Å². The highest BCUT2D eigenvalue weighted by Gasteiger charge is 2.55. The number of nitrogens with one attached hydrogen (secondary N) is 1. The Labute approximate surface area is 218 Å². The topological polar surface area (TPSA) is 131 Å². The lowest BCUT2D eigenvalue weighted by Crippen LogP contribution is -2.47. The van der Waals surface area contributed by atoms with Gasteiger partial charge in [0.2, 0.25) is 23.6 Å². The average molecular weight is 518 g/mol. The van der Waals surface area contributed by atoms with E-state index in [1.807, 2.05) is 36.4 Å². The van der Waals surface area contributed by atoms with Crippen molar-refractivity contribution in [1.82, 2.24) is 20.4 Å². The molecule has 0 spiro atoms. The van der Waals surface area contributed by atoms with Crippen LogP contribution in [0.15, 0.2) is 52.9 Å². The molecule has 3 N–H and O–H groups in total. The molecule has 5 rings (SSSR count). The van der Waals surface area contributed by atoms with Gasteiger partial charge in [0.25, 0.3) is 5.89 Å². The van der Waals surface area contributed by atoms with Gasteiger partial charge < -0.3 is 20.4 Å². The van der Waals surface area contributed by atoms with Crippen molar-refractivity contribution < 1.29 is 18.8 Å². The lowest BCUT2D eigenvalue weighted by Gasteiger charge is -2.29. The molecule has 1 fully saturated rings. The highest BCUT2D eigenvalue weighted by molar-refractivity contribution is 6.30. The molecule has 3 amide bonds. The van der Waals surface area contributed by atoms with Gasteiger partial charge in [-0.2, -0.15) is 0 Å². The predicted octanol–water partition coefficient (Wildman–Crippen LogP) is 2.56. The second-order valence-electron chi connectivity index (χ2n) is 9.25. The Hall–Kier alpha value is -4.16. The van der Waals surface area contributed by atoms with Crippen molar-refractivity contribution in [3.63, 3.8) is 0 Å². The van der Waals surface area contributed by atoms with Crippen LogP contribution in [0.4, 0.5) is 0 Å². The van der Waals surface area contributed by atoms with E-state index in [0.717, 1.165) is 16.7 Å². The molecule has 0 radical (unpaired) electrons. The molecule has 2 heterocycles. The molecular formula is C27H24ClN5O4. The summed E-state index contributed by atoms with van der Waals surface area (Å²) in [6.07, 6.45) is 1.16. The number of rotatable bonds is 6. The van der Waals surface area contributed by atoms with E-state index >= 15 is 0 Å². The van der Waals surface area contributed by atoms with Crippen LogP contribution in [-0.2, 0) is 26.3 Å². The largest absolute Gasteiger partial charge is 0.415 e. The minimum Gasteiger partial charge on any atom is -0.415 e. The third kappa shape index (κ3) is 4.93. The van der Waals surface area contributed by atoms with Crippen LogP contribution in [0.1, 0.15) is 53.8 Å². The summed E-state index contributed by atoms with van der Waals surface area (Å²) in [5, 5.41) is 10.9. The molecule has 0 saturated heterocycles. The Kier molecular flexibility index (Phi) is 6.44. The van der Waals surface area contributed by atoms with E-state index in [0.29, 0.717) is 30.3 Å². The molecule has 1 aromatic heterocycles. The summed E-state index contributed by atoms with van der Waals surface area (Å²) in [6, 6.07) is 12.9. The maximum atomic E-state index is 14.0. The fourth-order valence-electron chi connectivity index (χ4n) is 4.74. The van der Waals surface area contributed by atoms with Crippen molar-refractivity contribution in [2.45, 2.75) is 50.2 Å². The van der Waals surface area contributed by atoms with E-state index in [1.54, 1.807) is 24.0 Å². The number of nitrogens with two attached hydrogens (primary N) is 1. The summed E-state index contributed by atoms with van der Waals surface area (Å²) >= 11 is 6.06. The number of hydrogen-bond acceptors (Lipinski definition) is 6. The van der Waals surface area contributed by atoms with E-state index in [9.17, 15) is 14.4 Å². The van der Waals surface area contributed by atoms with E-state index in [4.69, 9.17) is 21.8 Å². The Morgan fingerprint density at radius 1 is 1.19 bits per heavy atom. The number of aryl methyl sites for hydroxylation is 1. The third-order valence-corrected chi connectivity index (χ3v) is 6.92. The SMILES string of the molecule is Cc1nnc(C#CC(CC(N)=O)NC(=O)[C@@H]2c3ccccc3CN2C(=O)C2(c3ccc(Cl)cc3)CC2)o1. The van der Waals surface area contributed by atoms with Crippen molar-refractivity contribution in [1.29, 1.82) is 0 Å². The summed E-state index contributed by atoms with van der Waals surface area (Å²) < 4.78 is 5.25. The molecule has 1 saturated carbocycles. The standard InChI is InChI=1S/C27H24ClN5O4/c1-16-31-32-23(37-16)11-10-20(14-22(29)34)30-25(35)24-21-5-3-2-4-17(21)15-33(24)26(36)27(12-13-27)18-6-8-19(28)9-7-18/h2-9,20,24H,12-15H2,1H3,(H2,29,34)(H,30,35)/t20?,24-/m0/s1. The molecule has 3 aromatic rings. The lowest BCUT2D eigenvalue weighted by molar-refractivity contribution is -0.142. The first-order valence-corrected chi connectivity index (χ1v) is 12.2. The average Bonchev–Trinajstić information content (AvgIpc) is 3.42. The normalized spacial score (nSPS) is 17.8. The number of primary amides is 1. The quantitative estimate of drug-likeness (QED) is 0.483. The van der Waals surface area contributed by atoms with Gasteiger partial charge in [0.15, 0.2) is 0 Å². The molecule has 10 heteroatoms. The highest BCUT2D eigenvalue weighted by Crippen LogP contribution is 2.52. The number of nitrogens with zero attached hydrogens (tertiary/aromatic N) is 3. The van der Waals surface area contributed by atoms with Crippen LogP contribution in [0.5, 0.6) is 0 Å². The fourth-order valence-corrected chi connectivity index (χ4v) is 4.87. The first kappa shape index (κ1) is 24.5. The second-order valence-corrected chi connectivity index (χ2v) is 9.69. The molecule has 9 nitrogen and oxygen atoms in total. The highest BCUT2D eigenvalue weighted by atomic mass is 35.5. The van der Waals surface area contributed by atoms with Crippen molar-refractivity contribution in [3.8, 4) is 11.8 Å². The molecular weight excluding hydrogens is 494 g/mol. The van der Waals surface area contributed by atoms with Crippen LogP contribution in [-0.4, -0.2) is 38.9 Å². The lowest BCUT2D eigenvalue weighted by atomic mass is 9.93. The molecule has 188 valence electrons. The maximum Gasteiger partial charge on any atom is 0.293 e. The molecule has 37 heavy (non-hydrogen) atoms. The van der Waals surface area contributed by atoms with Crippen molar-refractivity contribution in [3.05, 3.63) is 82.0 Å². The summed E-state index contributed by atoms with van der Waals surface area (Å²) in [5.74, 6) is 4.65. The first-order valence-electron chi connectivity index (χ1n) is 11.8. The summed E-state index contributed by atoms with van der Waals surface area (Å²) in [5.41, 5.74) is 7.22. The van der Waals surface area contributed by atoms with Gasteiger partial charge in [-0.15, -0.1) is 5.10 Å². The molecule has 2 aliphatic rings. The molecule has 1 unspecified atom stereocenters. The Bertz CT molecular complexity index is 1430.